The van der Waals surface area contributed by atoms with Crippen molar-refractivity contribution >= 4 is 43.9 Å². The van der Waals surface area contributed by atoms with Gasteiger partial charge in [-0.3, -0.25) is 4.98 Å². The molecule has 0 atom stereocenters. The zero-order valence-electron chi connectivity index (χ0n) is 30.1. The second-order valence-electron chi connectivity index (χ2n) is 13.9. The summed E-state index contributed by atoms with van der Waals surface area (Å²) in [5.74, 6) is 0.667. The van der Waals surface area contributed by atoms with Crippen molar-refractivity contribution in [3.05, 3.63) is 188 Å². The van der Waals surface area contributed by atoms with E-state index in [-0.39, 0.29) is 0 Å². The molecule has 0 radical (unpaired) electrons. The van der Waals surface area contributed by atoms with E-state index in [0.29, 0.717) is 5.82 Å². The van der Waals surface area contributed by atoms with Crippen molar-refractivity contribution in [1.29, 1.82) is 0 Å². The molecule has 262 valence electrons. The van der Waals surface area contributed by atoms with Crippen LogP contribution in [0.5, 0.6) is 0 Å². The van der Waals surface area contributed by atoms with Crippen LogP contribution in [0, 0.1) is 0 Å². The van der Waals surface area contributed by atoms with Crippen molar-refractivity contribution in [2.75, 3.05) is 0 Å². The molecule has 7 aromatic carbocycles. The number of fused-ring (bicyclic) bond motifs is 6. The second kappa shape index (κ2) is 13.0. The maximum atomic E-state index is 6.73. The average Bonchev–Trinajstić information content (AvgIpc) is 3.86. The predicted molar refractivity (Wildman–Crippen MR) is 227 cm³/mol. The van der Waals surface area contributed by atoms with Gasteiger partial charge in [0.1, 0.15) is 22.3 Å². The number of para-hydroxylation sites is 2. The molecule has 11 rings (SSSR count). The number of hydrogen-bond donors (Lipinski definition) is 0. The third kappa shape index (κ3) is 5.29. The Balaban J connectivity index is 1.06. The fourth-order valence-electron chi connectivity index (χ4n) is 8.03. The highest BCUT2D eigenvalue weighted by Crippen LogP contribution is 2.45. The van der Waals surface area contributed by atoms with Gasteiger partial charge in [0.25, 0.3) is 0 Å². The van der Waals surface area contributed by atoms with E-state index in [2.05, 4.69) is 108 Å². The lowest BCUT2D eigenvalue weighted by Gasteiger charge is -2.13. The SMILES string of the molecule is c1ccc(-c2cc(-c3ccc(-c4ccc(-c5cccc6oc7ccccc7c56)c5oc6ccccc6c45)cc3)nc(-c3ccccc3-c3ccncc3)n2)cc1. The van der Waals surface area contributed by atoms with Crippen LogP contribution < -0.4 is 0 Å². The number of rotatable bonds is 6. The molecule has 0 N–H and O–H groups in total. The molecule has 0 aliphatic carbocycles. The highest BCUT2D eigenvalue weighted by molar-refractivity contribution is 6.20. The Hall–Kier alpha value is -7.63. The molecule has 0 aliphatic heterocycles. The topological polar surface area (TPSA) is 65.0 Å². The summed E-state index contributed by atoms with van der Waals surface area (Å²) in [4.78, 5) is 14.6. The molecular formula is C51H31N3O2. The molecule has 0 bridgehead atoms. The molecule has 56 heavy (non-hydrogen) atoms. The summed E-state index contributed by atoms with van der Waals surface area (Å²) >= 11 is 0. The van der Waals surface area contributed by atoms with Gasteiger partial charge in [0.15, 0.2) is 5.82 Å². The number of benzene rings is 7. The van der Waals surface area contributed by atoms with Crippen LogP contribution in [0.2, 0.25) is 0 Å². The molecule has 4 heterocycles. The summed E-state index contributed by atoms with van der Waals surface area (Å²) in [7, 11) is 0. The standard InChI is InChI=1S/C51H31N3O2/c1-2-11-34(12-3-1)43-31-44(54-51(53-43)40-14-5-4-13-36(40)33-27-29-52-30-28-33)35-23-21-32(22-24-35)37-25-26-39(50-49(37)42-16-7-9-19-46(42)56-50)38-17-10-20-47-48(38)41-15-6-8-18-45(41)55-47/h1-31H. The molecule has 0 unspecified atom stereocenters. The van der Waals surface area contributed by atoms with E-state index in [1.807, 2.05) is 85.2 Å². The number of aromatic nitrogens is 3. The van der Waals surface area contributed by atoms with Crippen molar-refractivity contribution in [1.82, 2.24) is 15.0 Å². The van der Waals surface area contributed by atoms with Gasteiger partial charge in [0, 0.05) is 56.2 Å². The Labute approximate surface area is 322 Å². The summed E-state index contributed by atoms with van der Waals surface area (Å²) in [5.41, 5.74) is 14.6. The third-order valence-electron chi connectivity index (χ3n) is 10.7. The Morgan fingerprint density at radius 3 is 1.66 bits per heavy atom. The summed E-state index contributed by atoms with van der Waals surface area (Å²) in [6.07, 6.45) is 3.63. The van der Waals surface area contributed by atoms with E-state index < -0.39 is 0 Å². The van der Waals surface area contributed by atoms with Gasteiger partial charge in [0.2, 0.25) is 0 Å². The van der Waals surface area contributed by atoms with Crippen LogP contribution in [0.25, 0.3) is 111 Å². The van der Waals surface area contributed by atoms with Crippen molar-refractivity contribution in [2.24, 2.45) is 0 Å². The number of nitrogens with zero attached hydrogens (tertiary/aromatic N) is 3. The average molecular weight is 718 g/mol. The third-order valence-corrected chi connectivity index (χ3v) is 10.7. The van der Waals surface area contributed by atoms with Crippen LogP contribution in [0.1, 0.15) is 0 Å². The van der Waals surface area contributed by atoms with Crippen LogP contribution in [-0.2, 0) is 0 Å². The van der Waals surface area contributed by atoms with E-state index in [9.17, 15) is 0 Å². The lowest BCUT2D eigenvalue weighted by Crippen LogP contribution is -1.97. The Bertz CT molecular complexity index is 3240. The van der Waals surface area contributed by atoms with Crippen molar-refractivity contribution in [2.45, 2.75) is 0 Å². The predicted octanol–water partition coefficient (Wildman–Crippen LogP) is 13.7. The van der Waals surface area contributed by atoms with E-state index in [1.165, 1.54) is 0 Å². The van der Waals surface area contributed by atoms with Gasteiger partial charge in [-0.05, 0) is 70.3 Å². The van der Waals surface area contributed by atoms with Gasteiger partial charge < -0.3 is 8.83 Å². The zero-order chi connectivity index (χ0) is 37.0. The first-order valence-electron chi connectivity index (χ1n) is 18.7. The number of pyridine rings is 1. The van der Waals surface area contributed by atoms with Gasteiger partial charge in [-0.25, -0.2) is 9.97 Å². The Morgan fingerprint density at radius 2 is 0.893 bits per heavy atom. The first-order valence-corrected chi connectivity index (χ1v) is 18.7. The van der Waals surface area contributed by atoms with E-state index in [0.717, 1.165) is 105 Å². The molecule has 0 spiro atoms. The van der Waals surface area contributed by atoms with Crippen LogP contribution in [0.15, 0.2) is 197 Å². The van der Waals surface area contributed by atoms with Crippen LogP contribution in [0.4, 0.5) is 0 Å². The van der Waals surface area contributed by atoms with Crippen LogP contribution in [0.3, 0.4) is 0 Å². The molecule has 11 aromatic rings. The molecule has 0 amide bonds. The number of furan rings is 2. The summed E-state index contributed by atoms with van der Waals surface area (Å²) in [5, 5.41) is 4.34. The summed E-state index contributed by atoms with van der Waals surface area (Å²) in [6, 6.07) is 60.6. The smallest absolute Gasteiger partial charge is 0.161 e. The molecular weight excluding hydrogens is 687 g/mol. The zero-order valence-corrected chi connectivity index (χ0v) is 30.1. The van der Waals surface area contributed by atoms with Gasteiger partial charge in [0.05, 0.1) is 11.4 Å². The highest BCUT2D eigenvalue weighted by Gasteiger charge is 2.21. The molecule has 5 heteroatoms. The lowest BCUT2D eigenvalue weighted by atomic mass is 9.92. The van der Waals surface area contributed by atoms with Gasteiger partial charge >= 0.3 is 0 Å². The monoisotopic (exact) mass is 717 g/mol. The minimum Gasteiger partial charge on any atom is -0.456 e. The van der Waals surface area contributed by atoms with E-state index >= 15 is 0 Å². The van der Waals surface area contributed by atoms with Crippen LogP contribution in [-0.4, -0.2) is 15.0 Å². The largest absolute Gasteiger partial charge is 0.456 e. The van der Waals surface area contributed by atoms with Crippen molar-refractivity contribution in [3.8, 4) is 67.3 Å². The summed E-state index contributed by atoms with van der Waals surface area (Å²) < 4.78 is 13.0. The first-order chi connectivity index (χ1) is 27.8. The first kappa shape index (κ1) is 31.9. The minimum atomic E-state index is 0.667. The van der Waals surface area contributed by atoms with Gasteiger partial charge in [-0.1, -0.05) is 133 Å². The molecule has 0 saturated heterocycles. The molecule has 0 aliphatic rings. The molecule has 0 fully saturated rings. The maximum absolute atomic E-state index is 6.73. The normalized spacial score (nSPS) is 11.6. The second-order valence-corrected chi connectivity index (χ2v) is 13.9. The lowest BCUT2D eigenvalue weighted by molar-refractivity contribution is 0.668. The number of hydrogen-bond acceptors (Lipinski definition) is 5. The fourth-order valence-corrected chi connectivity index (χ4v) is 8.03. The minimum absolute atomic E-state index is 0.667. The fraction of sp³-hybridized carbons (Fsp3) is 0. The van der Waals surface area contributed by atoms with E-state index in [4.69, 9.17) is 18.8 Å². The highest BCUT2D eigenvalue weighted by atomic mass is 16.3. The quantitative estimate of drug-likeness (QED) is 0.171. The Kier molecular flexibility index (Phi) is 7.42. The summed E-state index contributed by atoms with van der Waals surface area (Å²) in [6.45, 7) is 0. The Morgan fingerprint density at radius 1 is 0.339 bits per heavy atom. The van der Waals surface area contributed by atoms with Crippen LogP contribution >= 0.6 is 0 Å². The van der Waals surface area contributed by atoms with E-state index in [1.54, 1.807) is 0 Å². The van der Waals surface area contributed by atoms with Crippen molar-refractivity contribution < 1.29 is 8.83 Å². The molecule has 5 nitrogen and oxygen atoms in total. The van der Waals surface area contributed by atoms with Gasteiger partial charge in [-0.2, -0.15) is 0 Å². The molecule has 0 saturated carbocycles. The maximum Gasteiger partial charge on any atom is 0.161 e. The van der Waals surface area contributed by atoms with Crippen molar-refractivity contribution in [3.63, 3.8) is 0 Å². The van der Waals surface area contributed by atoms with Gasteiger partial charge in [-0.15, -0.1) is 0 Å². The molecule has 4 aromatic heterocycles.